The van der Waals surface area contributed by atoms with Gasteiger partial charge in [-0.05, 0) is 85.9 Å². The zero-order valence-electron chi connectivity index (χ0n) is 17.5. The number of hydrogen-bond acceptors (Lipinski definition) is 3. The fraction of sp³-hybridized carbons (Fsp3) is 0.346. The highest BCUT2D eigenvalue weighted by molar-refractivity contribution is 6.30. The first-order valence-corrected chi connectivity index (χ1v) is 11.4. The van der Waals surface area contributed by atoms with Crippen LogP contribution in [-0.2, 0) is 9.59 Å². The van der Waals surface area contributed by atoms with E-state index >= 15 is 0 Å². The van der Waals surface area contributed by atoms with E-state index in [2.05, 4.69) is 34.6 Å². The van der Waals surface area contributed by atoms with Crippen LogP contribution in [0.2, 0.25) is 5.02 Å². The zero-order chi connectivity index (χ0) is 21.6. The second kappa shape index (κ2) is 10.1. The maximum absolute atomic E-state index is 13.1. The van der Waals surface area contributed by atoms with Crippen LogP contribution in [0.25, 0.3) is 10.9 Å². The average Bonchev–Trinajstić information content (AvgIpc) is 2.81. The van der Waals surface area contributed by atoms with Gasteiger partial charge in [-0.2, -0.15) is 0 Å². The first kappa shape index (κ1) is 21.5. The highest BCUT2D eigenvalue weighted by Crippen LogP contribution is 2.41. The summed E-state index contributed by atoms with van der Waals surface area (Å²) in [6.45, 7) is 0. The number of nitrogens with one attached hydrogen (secondary N) is 1. The van der Waals surface area contributed by atoms with Crippen LogP contribution in [0, 0.1) is 11.8 Å². The normalized spacial score (nSPS) is 19.6. The lowest BCUT2D eigenvalue weighted by molar-refractivity contribution is -0.122. The third-order valence-electron chi connectivity index (χ3n) is 6.51. The van der Waals surface area contributed by atoms with Crippen molar-refractivity contribution in [3.8, 4) is 0 Å². The van der Waals surface area contributed by atoms with Crippen molar-refractivity contribution in [2.24, 2.45) is 11.8 Å². The van der Waals surface area contributed by atoms with Crippen molar-refractivity contribution in [2.75, 3.05) is 5.32 Å². The van der Waals surface area contributed by atoms with Crippen LogP contribution in [-0.4, -0.2) is 17.2 Å². The van der Waals surface area contributed by atoms with E-state index in [0.29, 0.717) is 23.8 Å². The number of fused-ring (bicyclic) bond motifs is 1. The van der Waals surface area contributed by atoms with Crippen molar-refractivity contribution in [3.63, 3.8) is 0 Å². The number of carbonyl (C=O) groups excluding carboxylic acids is 2. The van der Waals surface area contributed by atoms with Crippen LogP contribution in [0.5, 0.6) is 0 Å². The second-order valence-corrected chi connectivity index (χ2v) is 8.81. The number of rotatable bonds is 7. The van der Waals surface area contributed by atoms with E-state index in [0.717, 1.165) is 43.2 Å². The molecular weight excluding hydrogens is 408 g/mol. The van der Waals surface area contributed by atoms with Gasteiger partial charge in [-0.25, -0.2) is 0 Å². The molecule has 0 spiro atoms. The van der Waals surface area contributed by atoms with Crippen LogP contribution < -0.4 is 5.32 Å². The number of halogens is 1. The Bertz CT molecular complexity index is 1040. The highest BCUT2D eigenvalue weighted by Gasteiger charge is 2.32. The molecular formula is C26H27ClN2O2. The van der Waals surface area contributed by atoms with E-state index < -0.39 is 0 Å². The van der Waals surface area contributed by atoms with Gasteiger partial charge >= 0.3 is 0 Å². The Balaban J connectivity index is 1.45. The minimum atomic E-state index is -0.156. The molecule has 3 aromatic rings. The molecule has 1 fully saturated rings. The zero-order valence-corrected chi connectivity index (χ0v) is 18.2. The summed E-state index contributed by atoms with van der Waals surface area (Å²) < 4.78 is 0. The summed E-state index contributed by atoms with van der Waals surface area (Å²) in [4.78, 5) is 28.6. The molecule has 0 aliphatic heterocycles. The molecule has 160 valence electrons. The molecule has 0 radical (unpaired) electrons. The van der Waals surface area contributed by atoms with Crippen LogP contribution in [0.15, 0.2) is 60.8 Å². The summed E-state index contributed by atoms with van der Waals surface area (Å²) in [6, 6.07) is 17.6. The van der Waals surface area contributed by atoms with E-state index in [1.807, 2.05) is 24.4 Å². The quantitative estimate of drug-likeness (QED) is 0.438. The molecule has 1 saturated carbocycles. The Morgan fingerprint density at radius 1 is 1.06 bits per heavy atom. The molecule has 5 heteroatoms. The molecule has 1 aliphatic rings. The molecule has 1 N–H and O–H groups in total. The summed E-state index contributed by atoms with van der Waals surface area (Å²) in [5.74, 6) is 0.616. The molecule has 4 rings (SSSR count). The third kappa shape index (κ3) is 5.13. The number of aromatic nitrogens is 1. The van der Waals surface area contributed by atoms with Gasteiger partial charge in [-0.15, -0.1) is 0 Å². The molecule has 2 aromatic carbocycles. The van der Waals surface area contributed by atoms with Gasteiger partial charge < -0.3 is 10.1 Å². The summed E-state index contributed by atoms with van der Waals surface area (Å²) in [5.41, 5.74) is 3.13. The maximum Gasteiger partial charge on any atom is 0.227 e. The Morgan fingerprint density at radius 2 is 1.81 bits per heavy atom. The predicted molar refractivity (Wildman–Crippen MR) is 125 cm³/mol. The Hall–Kier alpha value is -2.72. The monoisotopic (exact) mass is 434 g/mol. The van der Waals surface area contributed by atoms with Gasteiger partial charge in [0.15, 0.2) is 0 Å². The minimum Gasteiger partial charge on any atom is -0.326 e. The topological polar surface area (TPSA) is 59.1 Å². The number of carbonyl (C=O) groups is 2. The SMILES string of the molecule is O=CCCC(C(=O)Nc1ccc(Cl)cc1)C1CCC(c2ccnc3ccccc23)CC1. The van der Waals surface area contributed by atoms with E-state index in [1.54, 1.807) is 12.1 Å². The molecule has 1 amide bonds. The number of nitrogens with zero attached hydrogens (tertiary/aromatic N) is 1. The van der Waals surface area contributed by atoms with Crippen molar-refractivity contribution in [1.29, 1.82) is 0 Å². The van der Waals surface area contributed by atoms with Crippen LogP contribution in [0.1, 0.15) is 50.0 Å². The summed E-state index contributed by atoms with van der Waals surface area (Å²) in [7, 11) is 0. The lowest BCUT2D eigenvalue weighted by Crippen LogP contribution is -2.32. The van der Waals surface area contributed by atoms with Gasteiger partial charge in [-0.3, -0.25) is 9.78 Å². The number of amides is 1. The molecule has 1 heterocycles. The summed E-state index contributed by atoms with van der Waals surface area (Å²) in [5, 5.41) is 4.89. The van der Waals surface area contributed by atoms with Gasteiger partial charge in [0.2, 0.25) is 5.91 Å². The average molecular weight is 435 g/mol. The maximum atomic E-state index is 13.1. The predicted octanol–water partition coefficient (Wildman–Crippen LogP) is 6.40. The molecule has 1 aliphatic carbocycles. The summed E-state index contributed by atoms with van der Waals surface area (Å²) >= 11 is 5.95. The van der Waals surface area contributed by atoms with Crippen LogP contribution in [0.3, 0.4) is 0 Å². The number of benzene rings is 2. The van der Waals surface area contributed by atoms with Crippen LogP contribution in [0.4, 0.5) is 5.69 Å². The van der Waals surface area contributed by atoms with E-state index in [1.165, 1.54) is 10.9 Å². The molecule has 1 aromatic heterocycles. The second-order valence-electron chi connectivity index (χ2n) is 8.38. The smallest absolute Gasteiger partial charge is 0.227 e. The third-order valence-corrected chi connectivity index (χ3v) is 6.76. The molecule has 0 bridgehead atoms. The standard InChI is InChI=1S/C26H27ClN2O2/c27-20-11-13-21(14-12-20)29-26(31)23(5-3-17-30)19-9-7-18(8-10-19)22-15-16-28-25-6-2-1-4-24(22)25/h1-2,4,6,11-19,23H,3,5,7-10H2,(H,29,31). The van der Waals surface area contributed by atoms with Crippen molar-refractivity contribution in [3.05, 3.63) is 71.4 Å². The van der Waals surface area contributed by atoms with E-state index in [9.17, 15) is 9.59 Å². The van der Waals surface area contributed by atoms with E-state index in [4.69, 9.17) is 11.6 Å². The van der Waals surface area contributed by atoms with Gasteiger partial charge in [0.25, 0.3) is 0 Å². The number of anilines is 1. The van der Waals surface area contributed by atoms with Gasteiger partial charge in [0, 0.05) is 34.6 Å². The fourth-order valence-corrected chi connectivity index (χ4v) is 5.03. The first-order chi connectivity index (χ1) is 15.2. The van der Waals surface area contributed by atoms with Crippen molar-refractivity contribution in [2.45, 2.75) is 44.4 Å². The Kier molecular flexibility index (Phi) is 6.98. The van der Waals surface area contributed by atoms with Crippen molar-refractivity contribution < 1.29 is 9.59 Å². The molecule has 1 atom stereocenters. The number of pyridine rings is 1. The van der Waals surface area contributed by atoms with Gasteiger partial charge in [0.1, 0.15) is 6.29 Å². The van der Waals surface area contributed by atoms with Crippen molar-refractivity contribution >= 4 is 40.4 Å². The first-order valence-electron chi connectivity index (χ1n) is 11.0. The Labute approximate surface area is 188 Å². The van der Waals surface area contributed by atoms with Gasteiger partial charge in [0.05, 0.1) is 5.52 Å². The number of para-hydroxylation sites is 1. The number of hydrogen-bond donors (Lipinski definition) is 1. The van der Waals surface area contributed by atoms with Gasteiger partial charge in [-0.1, -0.05) is 29.8 Å². The lowest BCUT2D eigenvalue weighted by Gasteiger charge is -2.33. The minimum absolute atomic E-state index is 0.00184. The van der Waals surface area contributed by atoms with Crippen LogP contribution >= 0.6 is 11.6 Å². The molecule has 1 unspecified atom stereocenters. The summed E-state index contributed by atoms with van der Waals surface area (Å²) in [6.07, 6.45) is 7.88. The lowest BCUT2D eigenvalue weighted by atomic mass is 9.72. The largest absolute Gasteiger partial charge is 0.326 e. The fourth-order valence-electron chi connectivity index (χ4n) is 4.90. The Morgan fingerprint density at radius 3 is 2.55 bits per heavy atom. The molecule has 31 heavy (non-hydrogen) atoms. The highest BCUT2D eigenvalue weighted by atomic mass is 35.5. The number of aldehydes is 1. The molecule has 0 saturated heterocycles. The van der Waals surface area contributed by atoms with E-state index in [-0.39, 0.29) is 17.7 Å². The molecule has 4 nitrogen and oxygen atoms in total. The van der Waals surface area contributed by atoms with Crippen molar-refractivity contribution in [1.82, 2.24) is 4.98 Å².